The summed E-state index contributed by atoms with van der Waals surface area (Å²) in [6, 6.07) is 8.08. The van der Waals surface area contributed by atoms with Crippen molar-refractivity contribution in [2.75, 3.05) is 0 Å². The molecule has 2 aliphatic carbocycles. The van der Waals surface area contributed by atoms with Gasteiger partial charge in [-0.15, -0.1) is 0 Å². The summed E-state index contributed by atoms with van der Waals surface area (Å²) in [5.74, 6) is -0.687. The lowest BCUT2D eigenvalue weighted by Crippen LogP contribution is -2.59. The molecule has 7 heteroatoms. The summed E-state index contributed by atoms with van der Waals surface area (Å²) in [6.45, 7) is 7.89. The van der Waals surface area contributed by atoms with Crippen molar-refractivity contribution in [3.05, 3.63) is 41.5 Å². The minimum atomic E-state index is -4.55. The summed E-state index contributed by atoms with van der Waals surface area (Å²) >= 11 is 0. The van der Waals surface area contributed by atoms with Gasteiger partial charge in [0, 0.05) is 12.1 Å². The molecule has 0 aliphatic heterocycles. The highest BCUT2D eigenvalue weighted by molar-refractivity contribution is 5.89. The van der Waals surface area contributed by atoms with Crippen molar-refractivity contribution in [3.8, 4) is 5.75 Å². The molecule has 2 aliphatic rings. The van der Waals surface area contributed by atoms with E-state index in [0.29, 0.717) is 17.7 Å². The average Bonchev–Trinajstić information content (AvgIpc) is 2.80. The van der Waals surface area contributed by atoms with Crippen LogP contribution in [0.15, 0.2) is 30.3 Å². The van der Waals surface area contributed by atoms with E-state index in [1.54, 1.807) is 18.2 Å². The number of halogens is 3. The van der Waals surface area contributed by atoms with Crippen LogP contribution in [0.5, 0.6) is 5.75 Å². The highest BCUT2D eigenvalue weighted by atomic mass is 19.4. The molecule has 0 aromatic heterocycles. The molecule has 4 rings (SSSR count). The van der Waals surface area contributed by atoms with Gasteiger partial charge < -0.3 is 15.2 Å². The monoisotopic (exact) mass is 491 g/mol. The molecule has 2 aromatic rings. The number of fused-ring (bicyclic) bond motifs is 1. The van der Waals surface area contributed by atoms with Crippen LogP contribution in [0.4, 0.5) is 13.2 Å². The number of carbonyl (C=O) groups is 1. The lowest BCUT2D eigenvalue weighted by atomic mass is 9.58. The third kappa shape index (κ3) is 5.16. The molecule has 0 saturated heterocycles. The summed E-state index contributed by atoms with van der Waals surface area (Å²) in [7, 11) is 0. The van der Waals surface area contributed by atoms with Crippen LogP contribution in [-0.4, -0.2) is 23.2 Å². The average molecular weight is 492 g/mol. The number of rotatable bonds is 7. The van der Waals surface area contributed by atoms with E-state index in [1.807, 2.05) is 26.8 Å². The van der Waals surface area contributed by atoms with Gasteiger partial charge in [0.15, 0.2) is 0 Å². The van der Waals surface area contributed by atoms with Crippen molar-refractivity contribution in [2.24, 2.45) is 17.3 Å². The van der Waals surface area contributed by atoms with Crippen molar-refractivity contribution in [2.45, 2.75) is 90.6 Å². The summed E-state index contributed by atoms with van der Waals surface area (Å²) < 4.78 is 49.0. The Morgan fingerprint density at radius 1 is 1.17 bits per heavy atom. The van der Waals surface area contributed by atoms with E-state index in [1.165, 1.54) is 6.07 Å². The number of ether oxygens (including phenoxy) is 1. The van der Waals surface area contributed by atoms with Crippen LogP contribution in [0, 0.1) is 17.3 Å². The molecule has 0 amide bonds. The third-order valence-corrected chi connectivity index (χ3v) is 8.47. The van der Waals surface area contributed by atoms with E-state index in [-0.39, 0.29) is 29.3 Å². The highest BCUT2D eigenvalue weighted by Crippen LogP contribution is 2.47. The van der Waals surface area contributed by atoms with E-state index >= 15 is 0 Å². The molecule has 2 aromatic carbocycles. The van der Waals surface area contributed by atoms with Crippen LogP contribution in [0.25, 0.3) is 10.8 Å². The van der Waals surface area contributed by atoms with Crippen LogP contribution in [0.3, 0.4) is 0 Å². The van der Waals surface area contributed by atoms with Crippen molar-refractivity contribution >= 4 is 16.7 Å². The van der Waals surface area contributed by atoms with E-state index in [9.17, 15) is 23.1 Å². The first-order valence-corrected chi connectivity index (χ1v) is 12.7. The Hall–Kier alpha value is -2.28. The first-order chi connectivity index (χ1) is 16.4. The predicted octanol–water partition coefficient (Wildman–Crippen LogP) is 7.36. The lowest BCUT2D eigenvalue weighted by Gasteiger charge is -2.51. The van der Waals surface area contributed by atoms with Gasteiger partial charge in [-0.3, -0.25) is 4.79 Å². The first kappa shape index (κ1) is 25.8. The largest absolute Gasteiger partial charge is 0.490 e. The summed E-state index contributed by atoms with van der Waals surface area (Å²) in [4.78, 5) is 11.4. The second-order valence-electron chi connectivity index (χ2n) is 11.0. The Morgan fingerprint density at radius 3 is 2.40 bits per heavy atom. The molecule has 0 spiro atoms. The number of alkyl halides is 3. The Labute approximate surface area is 205 Å². The second-order valence-corrected chi connectivity index (χ2v) is 11.0. The predicted molar refractivity (Wildman–Crippen MR) is 130 cm³/mol. The number of aliphatic carboxylic acids is 1. The number of benzene rings is 2. The van der Waals surface area contributed by atoms with E-state index in [2.05, 4.69) is 12.2 Å². The number of hydrogen-bond donors (Lipinski definition) is 2. The molecule has 3 atom stereocenters. The van der Waals surface area contributed by atoms with Gasteiger partial charge in [0.05, 0.1) is 12.0 Å². The quantitative estimate of drug-likeness (QED) is 0.425. The minimum absolute atomic E-state index is 0.0238. The zero-order valence-electron chi connectivity index (χ0n) is 20.9. The zero-order valence-corrected chi connectivity index (χ0v) is 20.9. The SMILES string of the molecule is CCC1CCC(Oc2ccc3ccc(C(C)N[C@@H]4C[C@@H](C(=O)O)C4(C)C)cc3c2C(F)(F)F)CC1. The van der Waals surface area contributed by atoms with E-state index < -0.39 is 29.0 Å². The molecule has 192 valence electrons. The number of carboxylic acids is 1. The van der Waals surface area contributed by atoms with Crippen molar-refractivity contribution in [3.63, 3.8) is 0 Å². The Bertz CT molecular complexity index is 1070. The maximum atomic E-state index is 14.3. The highest BCUT2D eigenvalue weighted by Gasteiger charge is 2.52. The molecular weight excluding hydrogens is 455 g/mol. The van der Waals surface area contributed by atoms with Crippen molar-refractivity contribution < 1.29 is 27.8 Å². The van der Waals surface area contributed by atoms with Gasteiger partial charge in [0.1, 0.15) is 11.3 Å². The zero-order chi connectivity index (χ0) is 25.5. The van der Waals surface area contributed by atoms with Gasteiger partial charge in [0.25, 0.3) is 0 Å². The first-order valence-electron chi connectivity index (χ1n) is 12.7. The van der Waals surface area contributed by atoms with Gasteiger partial charge in [-0.25, -0.2) is 0 Å². The van der Waals surface area contributed by atoms with Crippen LogP contribution in [0.2, 0.25) is 0 Å². The Kier molecular flexibility index (Phi) is 7.11. The smallest absolute Gasteiger partial charge is 0.420 e. The topological polar surface area (TPSA) is 58.6 Å². The fourth-order valence-electron chi connectivity index (χ4n) is 5.84. The van der Waals surface area contributed by atoms with Crippen LogP contribution >= 0.6 is 0 Å². The molecule has 1 unspecified atom stereocenters. The van der Waals surface area contributed by atoms with Crippen LogP contribution in [0.1, 0.15) is 83.4 Å². The van der Waals surface area contributed by atoms with Gasteiger partial charge in [-0.1, -0.05) is 45.4 Å². The van der Waals surface area contributed by atoms with Gasteiger partial charge in [0.2, 0.25) is 0 Å². The van der Waals surface area contributed by atoms with Crippen molar-refractivity contribution in [1.29, 1.82) is 0 Å². The number of hydrogen-bond acceptors (Lipinski definition) is 3. The minimum Gasteiger partial charge on any atom is -0.490 e. The lowest BCUT2D eigenvalue weighted by molar-refractivity contribution is -0.155. The molecule has 2 fully saturated rings. The van der Waals surface area contributed by atoms with E-state index in [4.69, 9.17) is 4.74 Å². The fraction of sp³-hybridized carbons (Fsp3) is 0.607. The number of nitrogens with one attached hydrogen (secondary N) is 1. The normalized spacial score (nSPS) is 27.3. The van der Waals surface area contributed by atoms with Crippen LogP contribution in [-0.2, 0) is 11.0 Å². The molecule has 0 radical (unpaired) electrons. The second kappa shape index (κ2) is 9.64. The van der Waals surface area contributed by atoms with E-state index in [0.717, 1.165) is 37.7 Å². The Balaban J connectivity index is 1.60. The van der Waals surface area contributed by atoms with Gasteiger partial charge in [-0.05, 0) is 78.8 Å². The third-order valence-electron chi connectivity index (χ3n) is 8.47. The standard InChI is InChI=1S/C28H36F3NO3/c1-5-17-6-11-20(12-7-17)35-23-13-10-18-8-9-19(14-21(18)25(23)28(29,30)31)16(2)32-24-15-22(26(33)34)27(24,3)4/h8-10,13-14,16-17,20,22,24,32H,5-7,11-12,15H2,1-4H3,(H,33,34)/t16?,17?,20?,22-,24+/m0/s1. The summed E-state index contributed by atoms with van der Waals surface area (Å²) in [6.07, 6.45) is 0.408. The Morgan fingerprint density at radius 2 is 1.83 bits per heavy atom. The van der Waals surface area contributed by atoms with Crippen molar-refractivity contribution in [1.82, 2.24) is 5.32 Å². The summed E-state index contributed by atoms with van der Waals surface area (Å²) in [5, 5.41) is 13.5. The molecular formula is C28H36F3NO3. The summed E-state index contributed by atoms with van der Waals surface area (Å²) in [5.41, 5.74) is -0.402. The maximum Gasteiger partial charge on any atom is 0.420 e. The fourth-order valence-corrected chi connectivity index (χ4v) is 5.84. The van der Waals surface area contributed by atoms with Gasteiger partial charge >= 0.3 is 12.1 Å². The molecule has 0 bridgehead atoms. The molecule has 4 nitrogen and oxygen atoms in total. The molecule has 2 N–H and O–H groups in total. The molecule has 2 saturated carbocycles. The molecule has 35 heavy (non-hydrogen) atoms. The van der Waals surface area contributed by atoms with Crippen LogP contribution < -0.4 is 10.1 Å². The van der Waals surface area contributed by atoms with Gasteiger partial charge in [-0.2, -0.15) is 13.2 Å². The molecule has 0 heterocycles. The maximum absolute atomic E-state index is 14.3. The number of carboxylic acid groups (broad SMARTS) is 1.